The van der Waals surface area contributed by atoms with Crippen LogP contribution in [0.3, 0.4) is 0 Å². The molecule has 4 aliphatic rings. The molecule has 36 heavy (non-hydrogen) atoms. The highest BCUT2D eigenvalue weighted by Gasteiger charge is 2.77. The van der Waals surface area contributed by atoms with Gasteiger partial charge in [0, 0.05) is 50.6 Å². The van der Waals surface area contributed by atoms with Gasteiger partial charge < -0.3 is 24.4 Å². The SMILES string of the molecule is C=CCN(CCN1CCOCC1)C(=O)C1N(CCCCO)C(=O)[C@@H]2[C@H](C(=O)OCC)[C@]3(C)CCC12S3. The zero-order valence-corrected chi connectivity index (χ0v) is 22.5. The first-order valence-electron chi connectivity index (χ1n) is 13.3. The number of unbranched alkanes of at least 4 members (excludes halogenated alkanes) is 1. The van der Waals surface area contributed by atoms with Gasteiger partial charge in [0.1, 0.15) is 6.04 Å². The minimum absolute atomic E-state index is 0.0373. The van der Waals surface area contributed by atoms with E-state index in [9.17, 15) is 19.5 Å². The lowest BCUT2D eigenvalue weighted by Crippen LogP contribution is -2.56. The molecule has 0 aromatic rings. The van der Waals surface area contributed by atoms with Gasteiger partial charge in [-0.15, -0.1) is 18.3 Å². The van der Waals surface area contributed by atoms with E-state index in [1.165, 1.54) is 0 Å². The Morgan fingerprint density at radius 3 is 2.69 bits per heavy atom. The number of hydrogen-bond donors (Lipinski definition) is 1. The van der Waals surface area contributed by atoms with Gasteiger partial charge in [-0.1, -0.05) is 6.08 Å². The van der Waals surface area contributed by atoms with Crippen LogP contribution in [0.2, 0.25) is 0 Å². The summed E-state index contributed by atoms with van der Waals surface area (Å²) < 4.78 is 9.83. The van der Waals surface area contributed by atoms with E-state index < -0.39 is 27.4 Å². The summed E-state index contributed by atoms with van der Waals surface area (Å²) in [7, 11) is 0. The molecule has 1 spiro atoms. The number of carbonyl (C=O) groups is 3. The first-order chi connectivity index (χ1) is 17.3. The largest absolute Gasteiger partial charge is 0.466 e. The molecule has 0 saturated carbocycles. The summed E-state index contributed by atoms with van der Waals surface area (Å²) in [6.45, 7) is 13.2. The van der Waals surface area contributed by atoms with Gasteiger partial charge in [-0.25, -0.2) is 0 Å². The molecule has 2 amide bonds. The first-order valence-corrected chi connectivity index (χ1v) is 14.1. The maximum absolute atomic E-state index is 14.3. The molecule has 2 bridgehead atoms. The highest BCUT2D eigenvalue weighted by Crippen LogP contribution is 2.71. The lowest BCUT2D eigenvalue weighted by Gasteiger charge is -2.38. The Morgan fingerprint density at radius 2 is 2.03 bits per heavy atom. The normalized spacial score (nSPS) is 33.6. The number of likely N-dealkylation sites (tertiary alicyclic amines) is 1. The molecule has 1 N–H and O–H groups in total. The standard InChI is InChI=1S/C26H41N3O6S/c1-4-10-28(13-12-27-14-17-34-18-15-27)23(32)21-26-9-8-25(3,36-26)20(24(33)35-5-2)19(26)22(31)29(21)11-6-7-16-30/h4,19-21,30H,1,5-18H2,2-3H3/t19-,20+,21?,25-,26?/m0/s1. The Kier molecular flexibility index (Phi) is 8.69. The van der Waals surface area contributed by atoms with Gasteiger partial charge in [0.2, 0.25) is 11.8 Å². The summed E-state index contributed by atoms with van der Waals surface area (Å²) in [6.07, 6.45) is 4.40. The predicted octanol–water partition coefficient (Wildman–Crippen LogP) is 1.15. The third-order valence-electron chi connectivity index (χ3n) is 8.31. The fourth-order valence-corrected chi connectivity index (χ4v) is 8.98. The van der Waals surface area contributed by atoms with Crippen molar-refractivity contribution in [3.63, 3.8) is 0 Å². The third kappa shape index (κ3) is 4.81. The second-order valence-corrected chi connectivity index (χ2v) is 12.4. The number of morpholine rings is 1. The molecule has 0 aromatic heterocycles. The molecule has 0 aliphatic carbocycles. The van der Waals surface area contributed by atoms with Crippen molar-refractivity contribution in [3.05, 3.63) is 12.7 Å². The lowest BCUT2D eigenvalue weighted by molar-refractivity contribution is -0.155. The number of ether oxygens (including phenoxy) is 2. The molecule has 4 rings (SSSR count). The van der Waals surface area contributed by atoms with Crippen LogP contribution >= 0.6 is 11.8 Å². The second kappa shape index (κ2) is 11.4. The number of aliphatic hydroxyl groups excluding tert-OH is 1. The van der Waals surface area contributed by atoms with Crippen LogP contribution < -0.4 is 0 Å². The van der Waals surface area contributed by atoms with E-state index in [0.29, 0.717) is 45.7 Å². The molecule has 10 heteroatoms. The number of carbonyl (C=O) groups excluding carboxylic acids is 3. The molecular weight excluding hydrogens is 482 g/mol. The number of fused-ring (bicyclic) bond motifs is 1. The van der Waals surface area contributed by atoms with Crippen molar-refractivity contribution >= 4 is 29.5 Å². The summed E-state index contributed by atoms with van der Waals surface area (Å²) in [6, 6.07) is -0.635. The monoisotopic (exact) mass is 523 g/mol. The second-order valence-electron chi connectivity index (χ2n) is 10.5. The Morgan fingerprint density at radius 1 is 1.28 bits per heavy atom. The number of thioether (sulfide) groups is 1. The number of rotatable bonds is 12. The first kappa shape index (κ1) is 27.4. The molecule has 5 atom stereocenters. The fraction of sp³-hybridized carbons (Fsp3) is 0.808. The van der Waals surface area contributed by atoms with Crippen LogP contribution in [0.4, 0.5) is 0 Å². The van der Waals surface area contributed by atoms with E-state index in [0.717, 1.165) is 32.5 Å². The highest BCUT2D eigenvalue weighted by molar-refractivity contribution is 8.02. The van der Waals surface area contributed by atoms with Crippen molar-refractivity contribution in [3.8, 4) is 0 Å². The third-order valence-corrected chi connectivity index (χ3v) is 10.3. The summed E-state index contributed by atoms with van der Waals surface area (Å²) >= 11 is 1.67. The zero-order chi connectivity index (χ0) is 25.9. The molecule has 4 fully saturated rings. The van der Waals surface area contributed by atoms with Gasteiger partial charge in [-0.05, 0) is 39.5 Å². The van der Waals surface area contributed by atoms with Crippen LogP contribution in [0.25, 0.3) is 0 Å². The van der Waals surface area contributed by atoms with Gasteiger partial charge in [-0.2, -0.15) is 0 Å². The Labute approximate surface area is 218 Å². The zero-order valence-electron chi connectivity index (χ0n) is 21.7. The van der Waals surface area contributed by atoms with Gasteiger partial charge in [0.15, 0.2) is 0 Å². The molecule has 9 nitrogen and oxygen atoms in total. The molecular formula is C26H41N3O6S. The van der Waals surface area contributed by atoms with Gasteiger partial charge in [-0.3, -0.25) is 19.3 Å². The number of amides is 2. The van der Waals surface area contributed by atoms with Crippen LogP contribution in [0.5, 0.6) is 0 Å². The number of esters is 1. The smallest absolute Gasteiger partial charge is 0.311 e. The Balaban J connectivity index is 1.63. The molecule has 0 aromatic carbocycles. The topological polar surface area (TPSA) is 99.6 Å². The van der Waals surface area contributed by atoms with Crippen molar-refractivity contribution in [2.45, 2.75) is 55.1 Å². The van der Waals surface area contributed by atoms with E-state index in [2.05, 4.69) is 18.4 Å². The van der Waals surface area contributed by atoms with Crippen molar-refractivity contribution in [1.29, 1.82) is 0 Å². The van der Waals surface area contributed by atoms with E-state index in [-0.39, 0.29) is 31.0 Å². The highest BCUT2D eigenvalue weighted by atomic mass is 32.2. The van der Waals surface area contributed by atoms with E-state index in [4.69, 9.17) is 9.47 Å². The summed E-state index contributed by atoms with van der Waals surface area (Å²) in [4.78, 5) is 47.2. The van der Waals surface area contributed by atoms with Crippen molar-refractivity contribution in [2.24, 2.45) is 11.8 Å². The minimum atomic E-state index is -0.641. The van der Waals surface area contributed by atoms with Crippen molar-refractivity contribution < 1.29 is 29.0 Å². The Bertz CT molecular complexity index is 852. The average molecular weight is 524 g/mol. The lowest BCUT2D eigenvalue weighted by atomic mass is 9.66. The van der Waals surface area contributed by atoms with Crippen LogP contribution in [0.15, 0.2) is 12.7 Å². The molecule has 2 unspecified atom stereocenters. The van der Waals surface area contributed by atoms with Crippen molar-refractivity contribution in [2.75, 3.05) is 65.7 Å². The van der Waals surface area contributed by atoms with Gasteiger partial charge in [0.25, 0.3) is 0 Å². The molecule has 0 radical (unpaired) electrons. The van der Waals surface area contributed by atoms with Crippen LogP contribution in [0.1, 0.15) is 39.5 Å². The molecule has 4 saturated heterocycles. The number of aliphatic hydroxyl groups is 1. The summed E-state index contributed by atoms with van der Waals surface area (Å²) in [5, 5.41) is 9.34. The summed E-state index contributed by atoms with van der Waals surface area (Å²) in [5.74, 6) is -1.63. The maximum atomic E-state index is 14.3. The molecule has 4 heterocycles. The Hall–Kier alpha value is -1.62. The van der Waals surface area contributed by atoms with E-state index in [1.807, 2.05) is 4.90 Å². The van der Waals surface area contributed by atoms with Crippen LogP contribution in [0, 0.1) is 11.8 Å². The fourth-order valence-electron chi connectivity index (χ4n) is 6.64. The van der Waals surface area contributed by atoms with E-state index in [1.54, 1.807) is 29.7 Å². The molecule has 4 aliphatic heterocycles. The van der Waals surface area contributed by atoms with Crippen LogP contribution in [-0.2, 0) is 23.9 Å². The summed E-state index contributed by atoms with van der Waals surface area (Å²) in [5.41, 5.74) is 0. The number of hydrogen-bond acceptors (Lipinski definition) is 8. The minimum Gasteiger partial charge on any atom is -0.466 e. The van der Waals surface area contributed by atoms with Gasteiger partial charge in [0.05, 0.1) is 36.4 Å². The molecule has 202 valence electrons. The number of nitrogens with zero attached hydrogens (tertiary/aromatic N) is 3. The van der Waals surface area contributed by atoms with Crippen LogP contribution in [-0.4, -0.2) is 119 Å². The predicted molar refractivity (Wildman–Crippen MR) is 137 cm³/mol. The van der Waals surface area contributed by atoms with E-state index >= 15 is 0 Å². The van der Waals surface area contributed by atoms with Gasteiger partial charge >= 0.3 is 5.97 Å². The maximum Gasteiger partial charge on any atom is 0.311 e. The average Bonchev–Trinajstić information content (AvgIpc) is 3.43. The quantitative estimate of drug-likeness (QED) is 0.231. The van der Waals surface area contributed by atoms with Crippen molar-refractivity contribution in [1.82, 2.24) is 14.7 Å².